The fourth-order valence-electron chi connectivity index (χ4n) is 3.58. The molecule has 4 nitrogen and oxygen atoms in total. The average molecular weight is 517 g/mol. The molecule has 2 fully saturated rings. The van der Waals surface area contributed by atoms with E-state index in [-0.39, 0.29) is 11.8 Å². The summed E-state index contributed by atoms with van der Waals surface area (Å²) in [5.41, 5.74) is 3.20. The predicted molar refractivity (Wildman–Crippen MR) is 151 cm³/mol. The number of hydrogen-bond acceptors (Lipinski definition) is 6. The molecule has 2 aliphatic rings. The SMILES string of the molecule is O=C1/C(=C\c2cccc(/C=C3/SC(=S)N(c4ccccc4)C3=O)c2)SC(=S)N1c1ccccc1. The second-order valence-corrected chi connectivity index (χ2v) is 10.7. The Morgan fingerprint density at radius 2 is 1.00 bits per heavy atom. The lowest BCUT2D eigenvalue weighted by molar-refractivity contribution is -0.114. The molecule has 0 atom stereocenters. The number of carbonyl (C=O) groups is 2. The fourth-order valence-corrected chi connectivity index (χ4v) is 6.17. The molecule has 8 heteroatoms. The van der Waals surface area contributed by atoms with Crippen molar-refractivity contribution in [2.45, 2.75) is 0 Å². The number of anilines is 2. The Kier molecular flexibility index (Phi) is 6.47. The first kappa shape index (κ1) is 22.7. The summed E-state index contributed by atoms with van der Waals surface area (Å²) in [6.07, 6.45) is 3.66. The van der Waals surface area contributed by atoms with Gasteiger partial charge in [-0.3, -0.25) is 19.4 Å². The van der Waals surface area contributed by atoms with Crippen LogP contribution in [0.1, 0.15) is 11.1 Å². The molecule has 3 aromatic rings. The van der Waals surface area contributed by atoms with Gasteiger partial charge in [-0.15, -0.1) is 0 Å². The van der Waals surface area contributed by atoms with Gasteiger partial charge in [-0.2, -0.15) is 0 Å². The van der Waals surface area contributed by atoms with E-state index in [0.717, 1.165) is 22.5 Å². The lowest BCUT2D eigenvalue weighted by Gasteiger charge is -2.13. The largest absolute Gasteiger partial charge is 0.270 e. The normalized spacial score (nSPS) is 18.6. The Bertz CT molecular complexity index is 1280. The highest BCUT2D eigenvalue weighted by Gasteiger charge is 2.34. The molecule has 2 heterocycles. The van der Waals surface area contributed by atoms with Crippen LogP contribution >= 0.6 is 48.0 Å². The zero-order valence-corrected chi connectivity index (χ0v) is 20.8. The average Bonchev–Trinajstić information content (AvgIpc) is 3.28. The molecule has 2 amide bonds. The lowest BCUT2D eigenvalue weighted by Crippen LogP contribution is -2.27. The second kappa shape index (κ2) is 9.68. The van der Waals surface area contributed by atoms with E-state index in [1.807, 2.05) is 97.1 Å². The van der Waals surface area contributed by atoms with Crippen LogP contribution in [0.25, 0.3) is 12.2 Å². The van der Waals surface area contributed by atoms with Crippen molar-refractivity contribution in [1.82, 2.24) is 0 Å². The van der Waals surface area contributed by atoms with Gasteiger partial charge in [-0.05, 0) is 53.6 Å². The number of thiocarbonyl (C=S) groups is 2. The minimum Gasteiger partial charge on any atom is -0.268 e. The number of amides is 2. The Morgan fingerprint density at radius 3 is 1.41 bits per heavy atom. The van der Waals surface area contributed by atoms with Crippen LogP contribution in [-0.2, 0) is 9.59 Å². The Hall–Kier alpha value is -3.04. The van der Waals surface area contributed by atoms with E-state index >= 15 is 0 Å². The third-order valence-corrected chi connectivity index (χ3v) is 7.73. The van der Waals surface area contributed by atoms with Crippen LogP contribution in [0.5, 0.6) is 0 Å². The molecule has 3 aromatic carbocycles. The number of benzene rings is 3. The van der Waals surface area contributed by atoms with E-state index in [1.54, 1.807) is 9.80 Å². The minimum atomic E-state index is -0.143. The molecule has 2 aliphatic heterocycles. The van der Waals surface area contributed by atoms with Crippen molar-refractivity contribution in [3.05, 3.63) is 106 Å². The molecule has 0 aliphatic carbocycles. The van der Waals surface area contributed by atoms with Crippen LogP contribution < -0.4 is 9.80 Å². The highest BCUT2D eigenvalue weighted by molar-refractivity contribution is 8.27. The number of carbonyl (C=O) groups excluding carboxylic acids is 2. The van der Waals surface area contributed by atoms with Gasteiger partial charge in [0, 0.05) is 0 Å². The molecule has 0 radical (unpaired) electrons. The molecule has 0 bridgehead atoms. The molecule has 0 saturated carbocycles. The topological polar surface area (TPSA) is 40.6 Å². The highest BCUT2D eigenvalue weighted by Crippen LogP contribution is 2.37. The number of thioether (sulfide) groups is 2. The van der Waals surface area contributed by atoms with Crippen molar-refractivity contribution in [2.24, 2.45) is 0 Å². The predicted octanol–water partition coefficient (Wildman–Crippen LogP) is 6.50. The zero-order valence-electron chi connectivity index (χ0n) is 17.6. The molecule has 2 saturated heterocycles. The summed E-state index contributed by atoms with van der Waals surface area (Å²) in [4.78, 5) is 30.2. The molecular formula is C26H16N2O2S4. The first-order valence-corrected chi connectivity index (χ1v) is 12.7. The second-order valence-electron chi connectivity index (χ2n) is 7.38. The van der Waals surface area contributed by atoms with Gasteiger partial charge in [-0.25, -0.2) is 0 Å². The van der Waals surface area contributed by atoms with Crippen molar-refractivity contribution in [2.75, 3.05) is 9.80 Å². The van der Waals surface area contributed by atoms with Crippen molar-refractivity contribution in [3.8, 4) is 0 Å². The van der Waals surface area contributed by atoms with Gasteiger partial charge in [0.15, 0.2) is 8.64 Å². The Balaban J connectivity index is 1.39. The smallest absolute Gasteiger partial charge is 0.268 e. The number of nitrogens with zero attached hydrogens (tertiary/aromatic N) is 2. The monoisotopic (exact) mass is 516 g/mol. The van der Waals surface area contributed by atoms with Gasteiger partial charge in [-0.1, -0.05) is 103 Å². The van der Waals surface area contributed by atoms with Gasteiger partial charge in [0.25, 0.3) is 11.8 Å². The maximum atomic E-state index is 13.0. The molecule has 34 heavy (non-hydrogen) atoms. The van der Waals surface area contributed by atoms with Crippen molar-refractivity contribution in [3.63, 3.8) is 0 Å². The Labute approximate surface area is 216 Å². The van der Waals surface area contributed by atoms with Crippen LogP contribution in [0, 0.1) is 0 Å². The third kappa shape index (κ3) is 4.50. The summed E-state index contributed by atoms with van der Waals surface area (Å²) in [7, 11) is 0. The lowest BCUT2D eigenvalue weighted by atomic mass is 10.1. The van der Waals surface area contributed by atoms with Crippen molar-refractivity contribution < 1.29 is 9.59 Å². The van der Waals surface area contributed by atoms with Crippen LogP contribution in [0.15, 0.2) is 94.7 Å². The van der Waals surface area contributed by atoms with E-state index in [0.29, 0.717) is 18.5 Å². The Morgan fingerprint density at radius 1 is 0.588 bits per heavy atom. The van der Waals surface area contributed by atoms with Crippen LogP contribution in [0.4, 0.5) is 11.4 Å². The summed E-state index contributed by atoms with van der Waals surface area (Å²) >= 11 is 13.5. The van der Waals surface area contributed by atoms with Crippen LogP contribution in [-0.4, -0.2) is 20.5 Å². The van der Waals surface area contributed by atoms with Crippen LogP contribution in [0.3, 0.4) is 0 Å². The minimum absolute atomic E-state index is 0.143. The number of para-hydroxylation sites is 2. The van der Waals surface area contributed by atoms with Crippen molar-refractivity contribution in [1.29, 1.82) is 0 Å². The summed E-state index contributed by atoms with van der Waals surface area (Å²) in [6, 6.07) is 26.4. The molecule has 5 rings (SSSR count). The molecule has 0 N–H and O–H groups in total. The third-order valence-electron chi connectivity index (χ3n) is 5.12. The quantitative estimate of drug-likeness (QED) is 0.291. The number of rotatable bonds is 4. The number of hydrogen-bond donors (Lipinski definition) is 0. The first-order chi connectivity index (χ1) is 16.5. The zero-order chi connectivity index (χ0) is 23.7. The van der Waals surface area contributed by atoms with E-state index < -0.39 is 0 Å². The van der Waals surface area contributed by atoms with Crippen LogP contribution in [0.2, 0.25) is 0 Å². The van der Waals surface area contributed by atoms with Gasteiger partial charge in [0.2, 0.25) is 0 Å². The highest BCUT2D eigenvalue weighted by atomic mass is 32.2. The molecule has 0 unspecified atom stereocenters. The van der Waals surface area contributed by atoms with Gasteiger partial charge < -0.3 is 0 Å². The maximum Gasteiger partial charge on any atom is 0.270 e. The van der Waals surface area contributed by atoms with E-state index in [1.165, 1.54) is 23.5 Å². The van der Waals surface area contributed by atoms with Gasteiger partial charge in [0.05, 0.1) is 21.2 Å². The van der Waals surface area contributed by atoms with Gasteiger partial charge >= 0.3 is 0 Å². The van der Waals surface area contributed by atoms with E-state index in [4.69, 9.17) is 24.4 Å². The maximum absolute atomic E-state index is 13.0. The molecule has 0 spiro atoms. The molecular weight excluding hydrogens is 501 g/mol. The van der Waals surface area contributed by atoms with E-state index in [9.17, 15) is 9.59 Å². The fraction of sp³-hybridized carbons (Fsp3) is 0. The summed E-state index contributed by atoms with van der Waals surface area (Å²) < 4.78 is 1.01. The standard InChI is InChI=1S/C26H16N2O2S4/c29-23-21(33-25(31)27(23)19-10-3-1-4-11-19)15-17-8-7-9-18(14-17)16-22-24(30)28(26(32)34-22)20-12-5-2-6-13-20/h1-16H/b21-15+,22-16+. The summed E-state index contributed by atoms with van der Waals surface area (Å²) in [5, 5.41) is 0. The van der Waals surface area contributed by atoms with Crippen molar-refractivity contribution >= 4 is 91.9 Å². The summed E-state index contributed by atoms with van der Waals surface area (Å²) in [5.74, 6) is -0.286. The van der Waals surface area contributed by atoms with E-state index in [2.05, 4.69) is 0 Å². The first-order valence-electron chi connectivity index (χ1n) is 10.3. The molecule has 0 aromatic heterocycles. The summed E-state index contributed by atoms with van der Waals surface area (Å²) in [6.45, 7) is 0. The van der Waals surface area contributed by atoms with Gasteiger partial charge in [0.1, 0.15) is 0 Å². The molecule has 166 valence electrons.